The van der Waals surface area contributed by atoms with Gasteiger partial charge in [0, 0.05) is 58.3 Å². The zero-order valence-electron chi connectivity index (χ0n) is 41.8. The van der Waals surface area contributed by atoms with Gasteiger partial charge >= 0.3 is 11.9 Å². The Morgan fingerprint density at radius 3 is 1.85 bits per heavy atom. The van der Waals surface area contributed by atoms with Crippen LogP contribution in [0.2, 0.25) is 0 Å². The molecule has 1 fully saturated rings. The largest absolute Gasteiger partial charge is 0.462 e. The first-order chi connectivity index (χ1) is 28.1. The van der Waals surface area contributed by atoms with E-state index in [1.54, 1.807) is 0 Å². The van der Waals surface area contributed by atoms with Crippen molar-refractivity contribution in [2.45, 2.75) is 230 Å². The number of rotatable bonds is 36. The average molecular weight is 834 g/mol. The van der Waals surface area contributed by atoms with Crippen molar-refractivity contribution in [2.75, 3.05) is 45.8 Å². The number of ether oxygens (including phenoxy) is 2. The summed E-state index contributed by atoms with van der Waals surface area (Å²) in [5, 5.41) is 3.49. The highest BCUT2D eigenvalue weighted by Gasteiger charge is 2.26. The van der Waals surface area contributed by atoms with Crippen LogP contribution in [0.4, 0.5) is 0 Å². The highest BCUT2D eigenvalue weighted by Crippen LogP contribution is 2.28. The van der Waals surface area contributed by atoms with Crippen LogP contribution in [0.5, 0.6) is 0 Å². The summed E-state index contributed by atoms with van der Waals surface area (Å²) in [5.74, 6) is 4.30. The number of nitrogens with one attached hydrogen (secondary N) is 1. The molecule has 1 rings (SSSR count). The zero-order chi connectivity index (χ0) is 44.2. The fourth-order valence-electron chi connectivity index (χ4n) is 10.2. The summed E-state index contributed by atoms with van der Waals surface area (Å²) in [7, 11) is 0. The van der Waals surface area contributed by atoms with Crippen molar-refractivity contribution < 1.29 is 19.1 Å². The van der Waals surface area contributed by atoms with Crippen LogP contribution in [0.15, 0.2) is 0 Å². The zero-order valence-corrected chi connectivity index (χ0v) is 41.8. The molecule has 1 saturated heterocycles. The van der Waals surface area contributed by atoms with Crippen LogP contribution in [-0.2, 0) is 19.1 Å². The number of unbranched alkanes of at least 4 members (excludes halogenated alkanes) is 1. The number of carbonyl (C=O) groups excluding carboxylic acids is 2. The molecule has 1 aliphatic rings. The van der Waals surface area contributed by atoms with E-state index in [1.807, 2.05) is 0 Å². The molecule has 0 aromatic rings. The predicted octanol–water partition coefficient (Wildman–Crippen LogP) is 13.0. The van der Waals surface area contributed by atoms with Gasteiger partial charge in [0.05, 0.1) is 6.42 Å². The summed E-state index contributed by atoms with van der Waals surface area (Å²) in [6, 6.07) is 0.522. The van der Waals surface area contributed by atoms with Crippen molar-refractivity contribution in [1.29, 1.82) is 0 Å². The summed E-state index contributed by atoms with van der Waals surface area (Å²) in [6.07, 6.45) is 20.3. The Morgan fingerprint density at radius 2 is 1.22 bits per heavy atom. The minimum atomic E-state index is -0.0591. The van der Waals surface area contributed by atoms with Gasteiger partial charge in [0.15, 0.2) is 0 Å². The molecule has 0 amide bonds. The van der Waals surface area contributed by atoms with E-state index >= 15 is 0 Å². The van der Waals surface area contributed by atoms with Gasteiger partial charge in [0.2, 0.25) is 0 Å². The SMILES string of the molecule is CCCCC(C)C(CCC(C)CC(C)CCC)OC(=O)C[C@H](C)CN(CCC(=O)OC(CCC(C)CC(C)C)CCC(CC)CCC)CC(C)CC(C)N1CCNCC1. The maximum absolute atomic E-state index is 13.7. The van der Waals surface area contributed by atoms with Crippen LogP contribution in [0, 0.1) is 47.3 Å². The van der Waals surface area contributed by atoms with Gasteiger partial charge in [-0.2, -0.15) is 0 Å². The lowest BCUT2D eigenvalue weighted by atomic mass is 9.87. The molecule has 1 heterocycles. The maximum atomic E-state index is 13.7. The van der Waals surface area contributed by atoms with Gasteiger partial charge in [0.1, 0.15) is 12.2 Å². The molecule has 350 valence electrons. The molecule has 0 spiro atoms. The second-order valence-electron chi connectivity index (χ2n) is 20.8. The summed E-state index contributed by atoms with van der Waals surface area (Å²) >= 11 is 0. The summed E-state index contributed by atoms with van der Waals surface area (Å²) in [5.41, 5.74) is 0. The Bertz CT molecular complexity index is 1030. The van der Waals surface area contributed by atoms with E-state index in [2.05, 4.69) is 105 Å². The second-order valence-corrected chi connectivity index (χ2v) is 20.8. The molecule has 10 atom stereocenters. The van der Waals surface area contributed by atoms with E-state index in [9.17, 15) is 9.59 Å². The van der Waals surface area contributed by atoms with Crippen LogP contribution >= 0.6 is 0 Å². The van der Waals surface area contributed by atoms with Crippen LogP contribution in [0.3, 0.4) is 0 Å². The summed E-state index contributed by atoms with van der Waals surface area (Å²) < 4.78 is 12.8. The molecular weight excluding hydrogens is 731 g/mol. The number of piperazine rings is 1. The van der Waals surface area contributed by atoms with Gasteiger partial charge in [-0.1, -0.05) is 128 Å². The Kier molecular flexibility index (Phi) is 31.6. The third-order valence-corrected chi connectivity index (χ3v) is 13.6. The topological polar surface area (TPSA) is 71.1 Å². The van der Waals surface area contributed by atoms with Crippen LogP contribution in [-0.4, -0.2) is 85.8 Å². The Balaban J connectivity index is 3.03. The lowest BCUT2D eigenvalue weighted by molar-refractivity contribution is -0.154. The first-order valence-corrected chi connectivity index (χ1v) is 25.7. The normalized spacial score (nSPS) is 19.1. The molecule has 0 bridgehead atoms. The Hall–Kier alpha value is -1.18. The van der Waals surface area contributed by atoms with E-state index in [0.29, 0.717) is 60.9 Å². The molecule has 1 aliphatic heterocycles. The Morgan fingerprint density at radius 1 is 0.610 bits per heavy atom. The molecule has 1 N–H and O–H groups in total. The molecular formula is C52H103N3O4. The third-order valence-electron chi connectivity index (χ3n) is 13.6. The number of carbonyl (C=O) groups is 2. The monoisotopic (exact) mass is 834 g/mol. The van der Waals surface area contributed by atoms with Crippen LogP contribution in [0.1, 0.15) is 212 Å². The van der Waals surface area contributed by atoms with Crippen molar-refractivity contribution in [2.24, 2.45) is 47.3 Å². The first-order valence-electron chi connectivity index (χ1n) is 25.7. The lowest BCUT2D eigenvalue weighted by Crippen LogP contribution is -2.48. The molecule has 7 nitrogen and oxygen atoms in total. The highest BCUT2D eigenvalue weighted by molar-refractivity contribution is 5.70. The van der Waals surface area contributed by atoms with Crippen molar-refractivity contribution >= 4 is 11.9 Å². The number of esters is 2. The van der Waals surface area contributed by atoms with Crippen molar-refractivity contribution in [1.82, 2.24) is 15.1 Å². The van der Waals surface area contributed by atoms with Gasteiger partial charge < -0.3 is 19.7 Å². The lowest BCUT2D eigenvalue weighted by Gasteiger charge is -2.35. The Labute approximate surface area is 368 Å². The van der Waals surface area contributed by atoms with Gasteiger partial charge in [-0.3, -0.25) is 14.5 Å². The molecule has 7 heteroatoms. The molecule has 0 radical (unpaired) electrons. The first kappa shape index (κ1) is 55.8. The third kappa shape index (κ3) is 27.5. The summed E-state index contributed by atoms with van der Waals surface area (Å²) in [6.45, 7) is 36.7. The van der Waals surface area contributed by atoms with Crippen molar-refractivity contribution in [3.8, 4) is 0 Å². The van der Waals surface area contributed by atoms with E-state index in [1.165, 1.54) is 57.8 Å². The quantitative estimate of drug-likeness (QED) is 0.0630. The van der Waals surface area contributed by atoms with Crippen molar-refractivity contribution in [3.63, 3.8) is 0 Å². The fraction of sp³-hybridized carbons (Fsp3) is 0.962. The maximum Gasteiger partial charge on any atom is 0.307 e. The fourth-order valence-corrected chi connectivity index (χ4v) is 10.2. The minimum absolute atomic E-state index is 0.000592. The van der Waals surface area contributed by atoms with Gasteiger partial charge in [-0.25, -0.2) is 0 Å². The van der Waals surface area contributed by atoms with E-state index in [4.69, 9.17) is 9.47 Å². The van der Waals surface area contributed by atoms with E-state index in [0.717, 1.165) is 96.6 Å². The molecule has 0 aliphatic carbocycles. The number of nitrogens with zero attached hydrogens (tertiary/aromatic N) is 2. The minimum Gasteiger partial charge on any atom is -0.462 e. The average Bonchev–Trinajstić information content (AvgIpc) is 3.17. The van der Waals surface area contributed by atoms with Gasteiger partial charge in [0.25, 0.3) is 0 Å². The second kappa shape index (κ2) is 33.4. The molecule has 0 saturated carbocycles. The molecule has 0 aromatic carbocycles. The summed E-state index contributed by atoms with van der Waals surface area (Å²) in [4.78, 5) is 32.4. The van der Waals surface area contributed by atoms with Gasteiger partial charge in [-0.05, 0) is 118 Å². The smallest absolute Gasteiger partial charge is 0.307 e. The number of hydrogen-bond acceptors (Lipinski definition) is 7. The van der Waals surface area contributed by atoms with Crippen LogP contribution in [0.25, 0.3) is 0 Å². The number of hydrogen-bond donors (Lipinski definition) is 1. The molecule has 9 unspecified atom stereocenters. The van der Waals surface area contributed by atoms with E-state index in [-0.39, 0.29) is 30.1 Å². The van der Waals surface area contributed by atoms with Gasteiger partial charge in [-0.15, -0.1) is 0 Å². The van der Waals surface area contributed by atoms with Crippen LogP contribution < -0.4 is 5.32 Å². The van der Waals surface area contributed by atoms with Crippen molar-refractivity contribution in [3.05, 3.63) is 0 Å². The van der Waals surface area contributed by atoms with E-state index < -0.39 is 0 Å². The highest BCUT2D eigenvalue weighted by atomic mass is 16.5. The predicted molar refractivity (Wildman–Crippen MR) is 254 cm³/mol. The standard InChI is InChI=1S/C52H103N3O4/c1-14-18-21-46(12)50(27-23-43(9)35-41(7)19-15-2)59-52(57)37-45(11)39-54(38-44(10)36-47(13)55-32-29-53-30-33-55)31-28-51(56)58-49(25-22-42(8)34-40(5)6)26-24-48(17-4)20-16-3/h40-50,53H,14-39H2,1-13H3/t41?,42?,43?,44?,45-,46?,47?,48?,49?,50?/m0/s1. The molecule has 0 aromatic heterocycles. The molecule has 59 heavy (non-hydrogen) atoms.